The van der Waals surface area contributed by atoms with Crippen molar-refractivity contribution in [3.8, 4) is 0 Å². The third kappa shape index (κ3) is 8.21. The third-order valence-electron chi connectivity index (χ3n) is 3.07. The predicted molar refractivity (Wildman–Crippen MR) is 105 cm³/mol. The zero-order chi connectivity index (χ0) is 21.5. The van der Waals surface area contributed by atoms with Crippen molar-refractivity contribution >= 4 is 44.0 Å². The van der Waals surface area contributed by atoms with Crippen molar-refractivity contribution in [1.29, 1.82) is 0 Å². The number of hydrogen-bond acceptors (Lipinski definition) is 11. The Labute approximate surface area is 168 Å². The van der Waals surface area contributed by atoms with E-state index in [0.29, 0.717) is 0 Å². The normalized spacial score (nSPS) is 13.7. The summed E-state index contributed by atoms with van der Waals surface area (Å²) in [5.74, 6) is -2.01. The summed E-state index contributed by atoms with van der Waals surface area (Å²) in [4.78, 5) is 33.3. The summed E-state index contributed by atoms with van der Waals surface area (Å²) in [7, 11) is -3.30. The van der Waals surface area contributed by atoms with Gasteiger partial charge in [0.1, 0.15) is 17.9 Å². The van der Waals surface area contributed by atoms with Crippen LogP contribution in [-0.2, 0) is 33.7 Å². The van der Waals surface area contributed by atoms with Crippen LogP contribution in [0.25, 0.3) is 0 Å². The average molecular weight is 436 g/mol. The number of nitrogen functional groups attached to an aromatic ring is 1. The van der Waals surface area contributed by atoms with E-state index in [4.69, 9.17) is 20.0 Å². The monoisotopic (exact) mass is 435 g/mol. The summed E-state index contributed by atoms with van der Waals surface area (Å²) < 4.78 is 33.1. The highest BCUT2D eigenvalue weighted by Crippen LogP contribution is 2.14. The van der Waals surface area contributed by atoms with E-state index in [2.05, 4.69) is 10.1 Å². The van der Waals surface area contributed by atoms with Gasteiger partial charge in [-0.05, 0) is 27.7 Å². The number of nitrogens with zero attached hydrogens (tertiary/aromatic N) is 2. The molecule has 12 heteroatoms. The van der Waals surface area contributed by atoms with E-state index in [1.54, 1.807) is 20.8 Å². The molecule has 0 saturated heterocycles. The summed E-state index contributed by atoms with van der Waals surface area (Å²) in [6.45, 7) is 7.65. The second kappa shape index (κ2) is 9.82. The zero-order valence-corrected chi connectivity index (χ0v) is 18.1. The highest BCUT2D eigenvalue weighted by molar-refractivity contribution is 7.91. The molecule has 1 rings (SSSR count). The van der Waals surface area contributed by atoms with E-state index in [1.165, 1.54) is 19.2 Å². The van der Waals surface area contributed by atoms with Crippen molar-refractivity contribution in [3.05, 3.63) is 11.1 Å². The first-order chi connectivity index (χ1) is 12.8. The number of carbonyl (C=O) groups is 2. The SMILES string of the molecule is CCS(=O)(=O)CCOC(=O)C(=NOC(C)C(=O)OC(C)(C)C)c1csc(N)n1. The molecule has 10 nitrogen and oxygen atoms in total. The standard InChI is InChI=1S/C16H25N3O7S2/c1-6-28(22,23)8-7-24-14(21)12(11-9-27-15(17)18-11)19-26-10(2)13(20)25-16(3,4)5/h9-10H,6-8H2,1-5H3,(H2,17,18). The molecular weight excluding hydrogens is 410 g/mol. The first-order valence-electron chi connectivity index (χ1n) is 8.40. The van der Waals surface area contributed by atoms with Crippen LogP contribution < -0.4 is 5.73 Å². The van der Waals surface area contributed by atoms with Gasteiger partial charge in [-0.15, -0.1) is 11.3 Å². The highest BCUT2D eigenvalue weighted by atomic mass is 32.2. The fraction of sp³-hybridized carbons (Fsp3) is 0.625. The minimum absolute atomic E-state index is 0.0649. The van der Waals surface area contributed by atoms with Crippen molar-refractivity contribution in [2.45, 2.75) is 46.3 Å². The average Bonchev–Trinajstić information content (AvgIpc) is 2.99. The van der Waals surface area contributed by atoms with Crippen molar-refractivity contribution < 1.29 is 32.3 Å². The fourth-order valence-corrected chi connectivity index (χ4v) is 2.79. The van der Waals surface area contributed by atoms with E-state index in [-0.39, 0.29) is 34.6 Å². The highest BCUT2D eigenvalue weighted by Gasteiger charge is 2.25. The van der Waals surface area contributed by atoms with Gasteiger partial charge in [0.15, 0.2) is 15.0 Å². The van der Waals surface area contributed by atoms with E-state index in [9.17, 15) is 18.0 Å². The number of esters is 2. The summed E-state index contributed by atoms with van der Waals surface area (Å²) in [6.07, 6.45) is -1.10. The van der Waals surface area contributed by atoms with Gasteiger partial charge in [0.2, 0.25) is 11.8 Å². The number of nitrogens with two attached hydrogens (primary N) is 1. The van der Waals surface area contributed by atoms with Gasteiger partial charge in [-0.1, -0.05) is 12.1 Å². The molecule has 1 aromatic rings. The molecule has 0 amide bonds. The number of rotatable bonds is 9. The molecule has 28 heavy (non-hydrogen) atoms. The van der Waals surface area contributed by atoms with Gasteiger partial charge < -0.3 is 20.0 Å². The Morgan fingerprint density at radius 2 is 2.00 bits per heavy atom. The maximum Gasteiger partial charge on any atom is 0.362 e. The van der Waals surface area contributed by atoms with E-state index in [1.807, 2.05) is 0 Å². The molecule has 0 aromatic carbocycles. The lowest BCUT2D eigenvalue weighted by Crippen LogP contribution is -2.31. The lowest BCUT2D eigenvalue weighted by molar-refractivity contribution is -0.167. The summed E-state index contributed by atoms with van der Waals surface area (Å²) in [6, 6.07) is 0. The first kappa shape index (κ1) is 23.8. The molecule has 0 radical (unpaired) electrons. The topological polar surface area (TPSA) is 147 Å². The number of hydrogen-bond donors (Lipinski definition) is 1. The van der Waals surface area contributed by atoms with Gasteiger partial charge in [-0.25, -0.2) is 23.0 Å². The van der Waals surface area contributed by atoms with Crippen LogP contribution in [0.15, 0.2) is 10.5 Å². The van der Waals surface area contributed by atoms with Crippen LogP contribution in [0.1, 0.15) is 40.3 Å². The molecule has 0 spiro atoms. The van der Waals surface area contributed by atoms with E-state index < -0.39 is 33.5 Å². The lowest BCUT2D eigenvalue weighted by atomic mass is 10.2. The number of ether oxygens (including phenoxy) is 2. The minimum atomic E-state index is -3.30. The van der Waals surface area contributed by atoms with Crippen molar-refractivity contribution in [2.75, 3.05) is 23.8 Å². The predicted octanol–water partition coefficient (Wildman–Crippen LogP) is 1.15. The maximum atomic E-state index is 12.3. The molecule has 0 fully saturated rings. The number of sulfone groups is 1. The molecule has 0 aliphatic carbocycles. The zero-order valence-electron chi connectivity index (χ0n) is 16.4. The molecule has 1 atom stereocenters. The number of anilines is 1. The molecule has 0 aliphatic heterocycles. The van der Waals surface area contributed by atoms with E-state index in [0.717, 1.165) is 11.3 Å². The van der Waals surface area contributed by atoms with Gasteiger partial charge in [0, 0.05) is 11.1 Å². The molecule has 1 unspecified atom stereocenters. The molecule has 2 N–H and O–H groups in total. The Morgan fingerprint density at radius 1 is 1.36 bits per heavy atom. The number of thiazole rings is 1. The Bertz CT molecular complexity index is 826. The van der Waals surface area contributed by atoms with Crippen molar-refractivity contribution in [3.63, 3.8) is 0 Å². The molecule has 0 bridgehead atoms. The minimum Gasteiger partial charge on any atom is -0.460 e. The largest absolute Gasteiger partial charge is 0.460 e. The van der Waals surface area contributed by atoms with Crippen LogP contribution >= 0.6 is 11.3 Å². The molecule has 1 heterocycles. The van der Waals surface area contributed by atoms with Crippen LogP contribution in [0.4, 0.5) is 5.13 Å². The van der Waals surface area contributed by atoms with Gasteiger partial charge in [0.05, 0.1) is 5.75 Å². The molecular formula is C16H25N3O7S2. The van der Waals surface area contributed by atoms with Crippen molar-refractivity contribution in [2.24, 2.45) is 5.16 Å². The van der Waals surface area contributed by atoms with Crippen LogP contribution in [0.5, 0.6) is 0 Å². The smallest absolute Gasteiger partial charge is 0.362 e. The summed E-state index contributed by atoms with van der Waals surface area (Å²) in [5.41, 5.74) is 4.61. The molecule has 0 aliphatic rings. The Hall–Kier alpha value is -2.21. The quantitative estimate of drug-likeness (QED) is 0.342. The Morgan fingerprint density at radius 3 is 2.50 bits per heavy atom. The number of oxime groups is 1. The van der Waals surface area contributed by atoms with Gasteiger partial charge in [-0.2, -0.15) is 0 Å². The summed E-state index contributed by atoms with van der Waals surface area (Å²) in [5, 5.41) is 5.32. The number of aromatic nitrogens is 1. The first-order valence-corrected chi connectivity index (χ1v) is 11.1. The van der Waals surface area contributed by atoms with Crippen LogP contribution in [0.3, 0.4) is 0 Å². The van der Waals surface area contributed by atoms with Crippen LogP contribution in [0, 0.1) is 0 Å². The Balaban J connectivity index is 2.89. The summed E-state index contributed by atoms with van der Waals surface area (Å²) >= 11 is 1.07. The molecule has 1 aromatic heterocycles. The maximum absolute atomic E-state index is 12.3. The van der Waals surface area contributed by atoms with Gasteiger partial charge >= 0.3 is 11.9 Å². The van der Waals surface area contributed by atoms with Crippen molar-refractivity contribution in [1.82, 2.24) is 4.98 Å². The van der Waals surface area contributed by atoms with E-state index >= 15 is 0 Å². The Kier molecular flexibility index (Phi) is 8.36. The lowest BCUT2D eigenvalue weighted by Gasteiger charge is -2.21. The second-order valence-corrected chi connectivity index (χ2v) is 10.0. The number of carbonyl (C=O) groups excluding carboxylic acids is 2. The fourth-order valence-electron chi connectivity index (χ4n) is 1.62. The molecule has 158 valence electrons. The molecule has 0 saturated carbocycles. The van der Waals surface area contributed by atoms with Gasteiger partial charge in [-0.3, -0.25) is 0 Å². The van der Waals surface area contributed by atoms with Gasteiger partial charge in [0.25, 0.3) is 0 Å². The third-order valence-corrected chi connectivity index (χ3v) is 5.41. The van der Waals surface area contributed by atoms with Crippen LogP contribution in [-0.4, -0.2) is 60.9 Å². The van der Waals surface area contributed by atoms with Crippen LogP contribution in [0.2, 0.25) is 0 Å². The second-order valence-electron chi connectivity index (χ2n) is 6.66.